The maximum Gasteiger partial charge on any atom is 0.266 e. The summed E-state index contributed by atoms with van der Waals surface area (Å²) in [5.41, 5.74) is 5.25. The van der Waals surface area contributed by atoms with Gasteiger partial charge < -0.3 is 5.73 Å². The minimum absolute atomic E-state index is 0.0168. The van der Waals surface area contributed by atoms with Crippen LogP contribution in [0.5, 0.6) is 0 Å². The van der Waals surface area contributed by atoms with E-state index < -0.39 is 6.43 Å². The Morgan fingerprint density at radius 3 is 2.50 bits per heavy atom. The van der Waals surface area contributed by atoms with Crippen molar-refractivity contribution in [1.29, 1.82) is 0 Å². The van der Waals surface area contributed by atoms with Crippen LogP contribution in [0, 0.1) is 0 Å². The molecule has 2 nitrogen and oxygen atoms in total. The van der Waals surface area contributed by atoms with E-state index in [1.165, 1.54) is 19.1 Å². The van der Waals surface area contributed by atoms with Gasteiger partial charge in [-0.1, -0.05) is 0 Å². The molecule has 76 valence electrons. The first-order valence-corrected chi connectivity index (χ1v) is 4.61. The molecule has 0 saturated carbocycles. The first kappa shape index (κ1) is 11.1. The summed E-state index contributed by atoms with van der Waals surface area (Å²) in [7, 11) is 0. The minimum Gasteiger partial charge on any atom is -0.398 e. The number of anilines is 1. The van der Waals surface area contributed by atoms with Gasteiger partial charge in [-0.15, -0.1) is 0 Å². The molecule has 2 N–H and O–H groups in total. The zero-order chi connectivity index (χ0) is 10.9. The van der Waals surface area contributed by atoms with Crippen LogP contribution in [0.3, 0.4) is 0 Å². The smallest absolute Gasteiger partial charge is 0.266 e. The molecule has 0 bridgehead atoms. The summed E-state index contributed by atoms with van der Waals surface area (Å²) in [6, 6.07) is 2.73. The summed E-state index contributed by atoms with van der Waals surface area (Å²) in [5, 5.41) is 0. The summed E-state index contributed by atoms with van der Waals surface area (Å²) in [6.07, 6.45) is -2.69. The number of ketones is 1. The summed E-state index contributed by atoms with van der Waals surface area (Å²) in [6.45, 7) is 1.31. The fourth-order valence-electron chi connectivity index (χ4n) is 1.10. The second kappa shape index (κ2) is 4.04. The maximum atomic E-state index is 12.5. The van der Waals surface area contributed by atoms with Crippen LogP contribution in [0.1, 0.15) is 29.3 Å². The molecule has 0 unspecified atom stereocenters. The Bertz CT molecular complexity index is 379. The van der Waals surface area contributed by atoms with Crippen LogP contribution in [0.4, 0.5) is 14.5 Å². The van der Waals surface area contributed by atoms with Crippen LogP contribution in [-0.2, 0) is 0 Å². The Kier molecular flexibility index (Phi) is 3.21. The van der Waals surface area contributed by atoms with Gasteiger partial charge in [-0.2, -0.15) is 0 Å². The van der Waals surface area contributed by atoms with Gasteiger partial charge in [0, 0.05) is 15.7 Å². The molecule has 0 aliphatic carbocycles. The largest absolute Gasteiger partial charge is 0.398 e. The molecule has 0 amide bonds. The van der Waals surface area contributed by atoms with Gasteiger partial charge in [0.25, 0.3) is 6.43 Å². The molecule has 0 heterocycles. The quantitative estimate of drug-likeness (QED) is 0.658. The van der Waals surface area contributed by atoms with E-state index in [1.807, 2.05) is 0 Å². The molecule has 0 fully saturated rings. The van der Waals surface area contributed by atoms with Crippen molar-refractivity contribution in [3.8, 4) is 0 Å². The molecule has 0 saturated heterocycles. The predicted octanol–water partition coefficient (Wildman–Crippen LogP) is 3.17. The van der Waals surface area contributed by atoms with Crippen molar-refractivity contribution in [2.45, 2.75) is 13.3 Å². The number of carbonyl (C=O) groups is 1. The molecule has 14 heavy (non-hydrogen) atoms. The van der Waals surface area contributed by atoms with Crippen LogP contribution in [0.2, 0.25) is 0 Å². The van der Waals surface area contributed by atoms with E-state index >= 15 is 0 Å². The first-order valence-electron chi connectivity index (χ1n) is 3.82. The highest BCUT2D eigenvalue weighted by Crippen LogP contribution is 2.34. The third kappa shape index (κ3) is 1.92. The van der Waals surface area contributed by atoms with E-state index in [-0.39, 0.29) is 27.1 Å². The van der Waals surface area contributed by atoms with Crippen LogP contribution in [0.15, 0.2) is 16.6 Å². The van der Waals surface area contributed by atoms with Crippen LogP contribution in [0.25, 0.3) is 0 Å². The van der Waals surface area contributed by atoms with Gasteiger partial charge in [0.1, 0.15) is 0 Å². The zero-order valence-corrected chi connectivity index (χ0v) is 8.94. The number of alkyl halides is 2. The van der Waals surface area contributed by atoms with Crippen molar-refractivity contribution in [3.05, 3.63) is 27.7 Å². The van der Waals surface area contributed by atoms with Crippen molar-refractivity contribution in [2.75, 3.05) is 5.73 Å². The van der Waals surface area contributed by atoms with E-state index in [9.17, 15) is 13.6 Å². The molecule has 5 heteroatoms. The molecule has 1 rings (SSSR count). The Morgan fingerprint density at radius 1 is 1.50 bits per heavy atom. The van der Waals surface area contributed by atoms with Gasteiger partial charge >= 0.3 is 0 Å². The molecular weight excluding hydrogens is 256 g/mol. The zero-order valence-electron chi connectivity index (χ0n) is 7.35. The number of nitrogens with two attached hydrogens (primary N) is 1. The lowest BCUT2D eigenvalue weighted by Gasteiger charge is -2.09. The van der Waals surface area contributed by atoms with Crippen LogP contribution >= 0.6 is 15.9 Å². The Morgan fingerprint density at radius 2 is 2.07 bits per heavy atom. The Labute approximate surface area is 88.2 Å². The topological polar surface area (TPSA) is 43.1 Å². The molecule has 0 atom stereocenters. The van der Waals surface area contributed by atoms with Gasteiger partial charge in [0.2, 0.25) is 0 Å². The Hall–Kier alpha value is -0.970. The van der Waals surface area contributed by atoms with Gasteiger partial charge in [-0.3, -0.25) is 4.79 Å². The molecule has 0 spiro atoms. The van der Waals surface area contributed by atoms with Crippen molar-refractivity contribution in [2.24, 2.45) is 0 Å². The first-order chi connectivity index (χ1) is 6.45. The van der Waals surface area contributed by atoms with Crippen molar-refractivity contribution < 1.29 is 13.6 Å². The van der Waals surface area contributed by atoms with Gasteiger partial charge in [0.05, 0.1) is 5.56 Å². The molecule has 0 aliphatic heterocycles. The summed E-state index contributed by atoms with van der Waals surface area (Å²) in [5.74, 6) is -0.279. The van der Waals surface area contributed by atoms with Gasteiger partial charge in [-0.05, 0) is 35.0 Å². The molecule has 1 aromatic carbocycles. The third-order valence-electron chi connectivity index (χ3n) is 1.81. The highest BCUT2D eigenvalue weighted by molar-refractivity contribution is 9.10. The number of halogens is 3. The van der Waals surface area contributed by atoms with Crippen LogP contribution in [-0.4, -0.2) is 5.78 Å². The lowest BCUT2D eigenvalue weighted by Crippen LogP contribution is -2.02. The average Bonchev–Trinajstić information content (AvgIpc) is 2.02. The molecule has 0 radical (unpaired) electrons. The standard InChI is InChI=1S/C9H8BrF2NO/c1-4(14)5-2-3-6(13)7(8(5)10)9(11)12/h2-3,9H,13H2,1H3. The van der Waals surface area contributed by atoms with E-state index in [1.54, 1.807) is 0 Å². The number of hydrogen-bond donors (Lipinski definition) is 1. The fourth-order valence-corrected chi connectivity index (χ4v) is 1.91. The number of rotatable bonds is 2. The molecule has 0 aromatic heterocycles. The van der Waals surface area contributed by atoms with Crippen molar-refractivity contribution in [3.63, 3.8) is 0 Å². The maximum absolute atomic E-state index is 12.5. The molecule has 1 aromatic rings. The molecular formula is C9H8BrF2NO. The highest BCUT2D eigenvalue weighted by Gasteiger charge is 2.19. The second-order valence-electron chi connectivity index (χ2n) is 2.79. The monoisotopic (exact) mass is 263 g/mol. The fraction of sp³-hybridized carbons (Fsp3) is 0.222. The predicted molar refractivity (Wildman–Crippen MR) is 53.5 cm³/mol. The number of Topliss-reactive ketones (excluding diaryl/α,β-unsaturated/α-hetero) is 1. The van der Waals surface area contributed by atoms with E-state index in [0.29, 0.717) is 0 Å². The number of carbonyl (C=O) groups excluding carboxylic acids is 1. The number of benzene rings is 1. The lowest BCUT2D eigenvalue weighted by molar-refractivity contribution is 0.101. The Balaban J connectivity index is 3.41. The average molecular weight is 264 g/mol. The summed E-state index contributed by atoms with van der Waals surface area (Å²) >= 11 is 2.95. The van der Waals surface area contributed by atoms with Gasteiger partial charge in [-0.25, -0.2) is 8.78 Å². The lowest BCUT2D eigenvalue weighted by atomic mass is 10.1. The second-order valence-corrected chi connectivity index (χ2v) is 3.58. The molecule has 0 aliphatic rings. The number of hydrogen-bond acceptors (Lipinski definition) is 2. The van der Waals surface area contributed by atoms with E-state index in [2.05, 4.69) is 15.9 Å². The number of nitrogen functional groups attached to an aromatic ring is 1. The summed E-state index contributed by atoms with van der Waals surface area (Å²) < 4.78 is 25.1. The van der Waals surface area contributed by atoms with E-state index in [4.69, 9.17) is 5.73 Å². The normalized spacial score (nSPS) is 10.6. The highest BCUT2D eigenvalue weighted by atomic mass is 79.9. The third-order valence-corrected chi connectivity index (χ3v) is 2.67. The van der Waals surface area contributed by atoms with Gasteiger partial charge in [0.15, 0.2) is 5.78 Å². The minimum atomic E-state index is -2.69. The van der Waals surface area contributed by atoms with Crippen molar-refractivity contribution >= 4 is 27.4 Å². The summed E-state index contributed by atoms with van der Waals surface area (Å²) in [4.78, 5) is 11.0. The SMILES string of the molecule is CC(=O)c1ccc(N)c(C(F)F)c1Br. The van der Waals surface area contributed by atoms with E-state index in [0.717, 1.165) is 0 Å². The van der Waals surface area contributed by atoms with Crippen LogP contribution < -0.4 is 5.73 Å². The van der Waals surface area contributed by atoms with Crippen molar-refractivity contribution in [1.82, 2.24) is 0 Å².